The number of fused-ring (bicyclic) bond motifs is 5. The predicted octanol–water partition coefficient (Wildman–Crippen LogP) is 4.43. The van der Waals surface area contributed by atoms with Crippen molar-refractivity contribution in [3.63, 3.8) is 0 Å². The van der Waals surface area contributed by atoms with Crippen LogP contribution in [0.4, 0.5) is 0 Å². The lowest BCUT2D eigenvalue weighted by Crippen LogP contribution is -2.53. The molecule has 0 aromatic heterocycles. The molecule has 0 heterocycles. The molecule has 152 valence electrons. The Kier molecular flexibility index (Phi) is 4.84. The van der Waals surface area contributed by atoms with Crippen molar-refractivity contribution in [2.45, 2.75) is 83.8 Å². The maximum Gasteiger partial charge on any atom is 0.304 e. The maximum absolute atomic E-state index is 11.8. The normalized spacial score (nSPS) is 44.2. The Morgan fingerprint density at radius 2 is 1.86 bits per heavy atom. The first-order valence-corrected chi connectivity index (χ1v) is 10.8. The van der Waals surface area contributed by atoms with Crippen molar-refractivity contribution in [1.82, 2.24) is 0 Å². The summed E-state index contributed by atoms with van der Waals surface area (Å²) in [6, 6.07) is 0. The van der Waals surface area contributed by atoms with Gasteiger partial charge in [0.15, 0.2) is 5.60 Å². The molecule has 4 heteroatoms. The number of terminal acetylenes is 1. The quantitative estimate of drug-likeness (QED) is 0.402. The average molecular weight is 385 g/mol. The summed E-state index contributed by atoms with van der Waals surface area (Å²) in [6.45, 7) is 5.23. The summed E-state index contributed by atoms with van der Waals surface area (Å²) < 4.78 is 11.3. The van der Waals surface area contributed by atoms with Gasteiger partial charge in [-0.15, -0.1) is 6.42 Å². The number of hydrogen-bond donors (Lipinski definition) is 0. The monoisotopic (exact) mass is 384 g/mol. The first-order chi connectivity index (χ1) is 13.3. The highest BCUT2D eigenvalue weighted by Crippen LogP contribution is 2.65. The molecule has 0 radical (unpaired) electrons. The number of carbonyl (C=O) groups excluding carboxylic acids is 2. The molecule has 5 unspecified atom stereocenters. The van der Waals surface area contributed by atoms with Crippen molar-refractivity contribution in [3.8, 4) is 12.3 Å². The van der Waals surface area contributed by atoms with Gasteiger partial charge in [-0.1, -0.05) is 18.4 Å². The van der Waals surface area contributed by atoms with Gasteiger partial charge in [0.25, 0.3) is 0 Å². The van der Waals surface area contributed by atoms with Crippen molar-refractivity contribution >= 4 is 11.9 Å². The summed E-state index contributed by atoms with van der Waals surface area (Å²) in [4.78, 5) is 23.1. The minimum absolute atomic E-state index is 0.0429. The fourth-order valence-electron chi connectivity index (χ4n) is 7.28. The SMILES string of the molecule is C#C[C@@]1(OC(C)=O)CCC2C3CCC4=C[C@@H](OC(C)=O)CCC4C3CCC21C. The zero-order valence-corrected chi connectivity index (χ0v) is 17.3. The summed E-state index contributed by atoms with van der Waals surface area (Å²) in [5.74, 6) is 4.94. The maximum atomic E-state index is 11.8. The van der Waals surface area contributed by atoms with Crippen LogP contribution in [0.3, 0.4) is 0 Å². The first kappa shape index (κ1) is 19.6. The van der Waals surface area contributed by atoms with Crippen molar-refractivity contribution in [2.75, 3.05) is 0 Å². The Balaban J connectivity index is 1.57. The van der Waals surface area contributed by atoms with Gasteiger partial charge in [0, 0.05) is 19.3 Å². The first-order valence-electron chi connectivity index (χ1n) is 10.8. The fraction of sp³-hybridized carbons (Fsp3) is 0.750. The van der Waals surface area contributed by atoms with E-state index in [1.54, 1.807) is 0 Å². The third kappa shape index (κ3) is 2.90. The van der Waals surface area contributed by atoms with Gasteiger partial charge in [-0.05, 0) is 81.1 Å². The van der Waals surface area contributed by atoms with Gasteiger partial charge >= 0.3 is 11.9 Å². The highest BCUT2D eigenvalue weighted by molar-refractivity contribution is 5.67. The lowest BCUT2D eigenvalue weighted by atomic mass is 9.50. The van der Waals surface area contributed by atoms with E-state index in [2.05, 4.69) is 18.9 Å². The summed E-state index contributed by atoms with van der Waals surface area (Å²) in [7, 11) is 0. The summed E-state index contributed by atoms with van der Waals surface area (Å²) in [5, 5.41) is 0. The van der Waals surface area contributed by atoms with Crippen LogP contribution in [0.5, 0.6) is 0 Å². The van der Waals surface area contributed by atoms with Gasteiger partial charge in [0.1, 0.15) is 6.10 Å². The largest absolute Gasteiger partial charge is 0.458 e. The Labute approximate surface area is 168 Å². The molecule has 0 amide bonds. The summed E-state index contributed by atoms with van der Waals surface area (Å²) in [5.41, 5.74) is 0.644. The van der Waals surface area contributed by atoms with Crippen molar-refractivity contribution < 1.29 is 19.1 Å². The molecule has 0 N–H and O–H groups in total. The molecule has 0 aromatic rings. The van der Waals surface area contributed by atoms with Crippen LogP contribution in [0, 0.1) is 41.4 Å². The van der Waals surface area contributed by atoms with E-state index < -0.39 is 5.60 Å². The van der Waals surface area contributed by atoms with Gasteiger partial charge in [-0.25, -0.2) is 0 Å². The van der Waals surface area contributed by atoms with Crippen LogP contribution < -0.4 is 0 Å². The Hall–Kier alpha value is -1.76. The molecular formula is C24H32O4. The van der Waals surface area contributed by atoms with E-state index in [9.17, 15) is 9.59 Å². The van der Waals surface area contributed by atoms with E-state index in [0.717, 1.165) is 44.9 Å². The van der Waals surface area contributed by atoms with Crippen molar-refractivity contribution in [1.29, 1.82) is 0 Å². The van der Waals surface area contributed by atoms with E-state index in [-0.39, 0.29) is 23.5 Å². The van der Waals surface area contributed by atoms with Crippen molar-refractivity contribution in [3.05, 3.63) is 11.6 Å². The highest BCUT2D eigenvalue weighted by Gasteiger charge is 2.64. The Morgan fingerprint density at radius 3 is 2.54 bits per heavy atom. The topological polar surface area (TPSA) is 52.6 Å². The van der Waals surface area contributed by atoms with Crippen LogP contribution in [0.15, 0.2) is 11.6 Å². The molecular weight excluding hydrogens is 352 g/mol. The number of carbonyl (C=O) groups is 2. The lowest BCUT2D eigenvalue weighted by molar-refractivity contribution is -0.167. The molecule has 0 spiro atoms. The molecule has 3 fully saturated rings. The van der Waals surface area contributed by atoms with Crippen LogP contribution in [0.2, 0.25) is 0 Å². The van der Waals surface area contributed by atoms with Crippen LogP contribution in [0.25, 0.3) is 0 Å². The standard InChI is InChI=1S/C24H32O4/c1-5-24(28-16(3)26)13-11-22-21-8-6-17-14-18(27-15(2)25)7-9-19(17)20(21)10-12-23(22,24)4/h1,14,18-22H,6-13H2,2-4H3/t18-,19?,20?,21?,22?,23?,24+/m0/s1. The molecule has 0 saturated heterocycles. The molecule has 28 heavy (non-hydrogen) atoms. The van der Waals surface area contributed by atoms with Gasteiger partial charge in [0.2, 0.25) is 0 Å². The number of ether oxygens (including phenoxy) is 2. The summed E-state index contributed by atoms with van der Waals surface area (Å²) >= 11 is 0. The molecule has 4 nitrogen and oxygen atoms in total. The molecule has 4 aliphatic rings. The highest BCUT2D eigenvalue weighted by atomic mass is 16.6. The predicted molar refractivity (Wildman–Crippen MR) is 106 cm³/mol. The lowest BCUT2D eigenvalue weighted by Gasteiger charge is -2.55. The smallest absolute Gasteiger partial charge is 0.304 e. The average Bonchev–Trinajstić information content (AvgIpc) is 2.93. The third-order valence-electron chi connectivity index (χ3n) is 8.40. The zero-order valence-electron chi connectivity index (χ0n) is 17.3. The van der Waals surface area contributed by atoms with Gasteiger partial charge < -0.3 is 9.47 Å². The molecule has 4 rings (SSSR count). The van der Waals surface area contributed by atoms with Gasteiger partial charge in [-0.2, -0.15) is 0 Å². The molecule has 0 aliphatic heterocycles. The van der Waals surface area contributed by atoms with Gasteiger partial charge in [0.05, 0.1) is 0 Å². The number of hydrogen-bond acceptors (Lipinski definition) is 4. The second-order valence-electron chi connectivity index (χ2n) is 9.61. The molecule has 0 bridgehead atoms. The number of rotatable bonds is 2. The van der Waals surface area contributed by atoms with Gasteiger partial charge in [-0.3, -0.25) is 9.59 Å². The second-order valence-corrected chi connectivity index (χ2v) is 9.61. The molecule has 3 saturated carbocycles. The van der Waals surface area contributed by atoms with Crippen molar-refractivity contribution in [2.24, 2.45) is 29.1 Å². The Morgan fingerprint density at radius 1 is 1.07 bits per heavy atom. The number of esters is 2. The zero-order chi connectivity index (χ0) is 20.1. The molecule has 0 aromatic carbocycles. The van der Waals surface area contributed by atoms with E-state index in [0.29, 0.717) is 23.7 Å². The van der Waals surface area contributed by atoms with E-state index in [1.807, 2.05) is 0 Å². The second kappa shape index (κ2) is 6.94. The van der Waals surface area contributed by atoms with Crippen LogP contribution in [-0.2, 0) is 19.1 Å². The molecule has 4 aliphatic carbocycles. The third-order valence-corrected chi connectivity index (χ3v) is 8.40. The summed E-state index contributed by atoms with van der Waals surface area (Å²) in [6.07, 6.45) is 16.5. The van der Waals surface area contributed by atoms with E-state index in [1.165, 1.54) is 25.8 Å². The van der Waals surface area contributed by atoms with Crippen LogP contribution in [0.1, 0.15) is 72.1 Å². The Bertz CT molecular complexity index is 746. The van der Waals surface area contributed by atoms with E-state index >= 15 is 0 Å². The minimum atomic E-state index is -0.739. The fourth-order valence-corrected chi connectivity index (χ4v) is 7.28. The number of allylic oxidation sites excluding steroid dienone is 1. The van der Waals surface area contributed by atoms with Crippen LogP contribution >= 0.6 is 0 Å². The molecule has 7 atom stereocenters. The minimum Gasteiger partial charge on any atom is -0.458 e. The van der Waals surface area contributed by atoms with E-state index in [4.69, 9.17) is 15.9 Å². The van der Waals surface area contributed by atoms with Crippen LogP contribution in [-0.4, -0.2) is 23.6 Å².